The molecule has 2 nitrogen and oxygen atoms in total. The third kappa shape index (κ3) is 1.75. The molecule has 0 saturated heterocycles. The second-order valence-electron chi connectivity index (χ2n) is 5.72. The van der Waals surface area contributed by atoms with Crippen LogP contribution in [0.15, 0.2) is 12.1 Å². The van der Waals surface area contributed by atoms with E-state index in [1.807, 2.05) is 4.57 Å². The second kappa shape index (κ2) is 3.88. The number of benzene rings is 1. The summed E-state index contributed by atoms with van der Waals surface area (Å²) < 4.78 is 30.0. The van der Waals surface area contributed by atoms with Crippen LogP contribution in [-0.2, 0) is 0 Å². The van der Waals surface area contributed by atoms with Crippen LogP contribution in [0.5, 0.6) is 0 Å². The Morgan fingerprint density at radius 2 is 1.79 bits per heavy atom. The van der Waals surface area contributed by atoms with Crippen LogP contribution >= 0.6 is 12.2 Å². The van der Waals surface area contributed by atoms with Crippen molar-refractivity contribution in [3.8, 4) is 0 Å². The predicted molar refractivity (Wildman–Crippen MR) is 71.5 cm³/mol. The first-order valence-electron chi connectivity index (χ1n) is 6.75. The Bertz CT molecular complexity index is 698. The van der Waals surface area contributed by atoms with Crippen LogP contribution in [0.3, 0.4) is 0 Å². The van der Waals surface area contributed by atoms with Gasteiger partial charge < -0.3 is 9.55 Å². The van der Waals surface area contributed by atoms with Crippen molar-refractivity contribution in [1.82, 2.24) is 9.55 Å². The van der Waals surface area contributed by atoms with Gasteiger partial charge in [0.2, 0.25) is 0 Å². The van der Waals surface area contributed by atoms with Crippen molar-refractivity contribution in [1.29, 1.82) is 0 Å². The van der Waals surface area contributed by atoms with Gasteiger partial charge in [0.1, 0.15) is 5.52 Å². The van der Waals surface area contributed by atoms with Crippen LogP contribution in [0.2, 0.25) is 0 Å². The number of hydrogen-bond donors (Lipinski definition) is 1. The molecule has 0 atom stereocenters. The van der Waals surface area contributed by atoms with E-state index in [0.29, 0.717) is 27.6 Å². The number of imidazole rings is 1. The van der Waals surface area contributed by atoms with Gasteiger partial charge in [0, 0.05) is 6.04 Å². The van der Waals surface area contributed by atoms with E-state index in [0.717, 1.165) is 6.07 Å². The number of fused-ring (bicyclic) bond motifs is 1. The topological polar surface area (TPSA) is 20.7 Å². The zero-order valence-electron chi connectivity index (χ0n) is 10.3. The van der Waals surface area contributed by atoms with E-state index in [1.165, 1.54) is 25.7 Å². The molecule has 100 valence electrons. The molecule has 5 heteroatoms. The maximum Gasteiger partial charge on any atom is 0.184 e. The number of rotatable bonds is 3. The molecule has 0 aliphatic heterocycles. The first-order chi connectivity index (χ1) is 9.16. The van der Waals surface area contributed by atoms with Gasteiger partial charge in [0.05, 0.1) is 5.52 Å². The Kier molecular flexibility index (Phi) is 2.37. The van der Waals surface area contributed by atoms with E-state index >= 15 is 0 Å². The highest BCUT2D eigenvalue weighted by Gasteiger charge is 2.43. The predicted octanol–water partition coefficient (Wildman–Crippen LogP) is 4.34. The molecule has 0 spiro atoms. The largest absolute Gasteiger partial charge is 0.330 e. The lowest BCUT2D eigenvalue weighted by Crippen LogP contribution is -2.14. The number of halogens is 2. The van der Waals surface area contributed by atoms with Crippen LogP contribution in [0.1, 0.15) is 31.7 Å². The van der Waals surface area contributed by atoms with Crippen molar-refractivity contribution >= 4 is 23.3 Å². The monoisotopic (exact) mass is 280 g/mol. The van der Waals surface area contributed by atoms with E-state index in [9.17, 15) is 8.78 Å². The third-order valence-electron chi connectivity index (χ3n) is 4.28. The molecule has 2 aliphatic rings. The van der Waals surface area contributed by atoms with Gasteiger partial charge in [-0.1, -0.05) is 0 Å². The summed E-state index contributed by atoms with van der Waals surface area (Å²) in [5, 5.41) is 0. The lowest BCUT2D eigenvalue weighted by atomic mass is 10.1. The standard InChI is InChI=1S/C14H14F2N2S/c15-9-5-6-10-13(11(9)16)18(14(19)17-10)12(7-1-2-7)8-3-4-8/h5-8,12H,1-4H2,(H,17,19). The van der Waals surface area contributed by atoms with Gasteiger partial charge in [-0.05, 0) is 61.9 Å². The van der Waals surface area contributed by atoms with Crippen LogP contribution in [0, 0.1) is 28.2 Å². The third-order valence-corrected chi connectivity index (χ3v) is 4.58. The van der Waals surface area contributed by atoms with Crippen LogP contribution in [0.25, 0.3) is 11.0 Å². The van der Waals surface area contributed by atoms with E-state index in [-0.39, 0.29) is 6.04 Å². The summed E-state index contributed by atoms with van der Waals surface area (Å²) in [5.41, 5.74) is 0.906. The molecule has 1 aromatic heterocycles. The number of H-pyrrole nitrogens is 1. The fourth-order valence-corrected chi connectivity index (χ4v) is 3.44. The molecular weight excluding hydrogens is 266 g/mol. The first-order valence-corrected chi connectivity index (χ1v) is 7.16. The summed E-state index contributed by atoms with van der Waals surface area (Å²) in [6.45, 7) is 0. The van der Waals surface area contributed by atoms with Crippen molar-refractivity contribution in [3.63, 3.8) is 0 Å². The maximum atomic E-state index is 14.1. The maximum absolute atomic E-state index is 14.1. The molecule has 19 heavy (non-hydrogen) atoms. The highest BCUT2D eigenvalue weighted by atomic mass is 32.1. The highest BCUT2D eigenvalue weighted by Crippen LogP contribution is 2.53. The normalized spacial score (nSPS) is 19.5. The van der Waals surface area contributed by atoms with Crippen molar-refractivity contribution in [2.75, 3.05) is 0 Å². The van der Waals surface area contributed by atoms with Crippen LogP contribution in [0.4, 0.5) is 8.78 Å². The lowest BCUT2D eigenvalue weighted by Gasteiger charge is -2.18. The smallest absolute Gasteiger partial charge is 0.184 e. The van der Waals surface area contributed by atoms with E-state index in [4.69, 9.17) is 12.2 Å². The molecule has 0 unspecified atom stereocenters. The van der Waals surface area contributed by atoms with Crippen molar-refractivity contribution in [2.45, 2.75) is 31.7 Å². The molecule has 1 N–H and O–H groups in total. The summed E-state index contributed by atoms with van der Waals surface area (Å²) >= 11 is 5.34. The van der Waals surface area contributed by atoms with Gasteiger partial charge >= 0.3 is 0 Å². The van der Waals surface area contributed by atoms with Gasteiger partial charge in [-0.2, -0.15) is 0 Å². The Balaban J connectivity index is 1.99. The number of aromatic nitrogens is 2. The molecule has 2 aliphatic carbocycles. The van der Waals surface area contributed by atoms with E-state index in [2.05, 4.69) is 4.98 Å². The quantitative estimate of drug-likeness (QED) is 0.829. The minimum absolute atomic E-state index is 0.248. The molecule has 1 aromatic carbocycles. The minimum atomic E-state index is -0.805. The SMILES string of the molecule is Fc1ccc2[nH]c(=S)n(C(C3CC3)C3CC3)c2c1F. The Hall–Kier alpha value is -1.23. The van der Waals surface area contributed by atoms with Gasteiger partial charge in [-0.3, -0.25) is 0 Å². The molecule has 0 bridgehead atoms. The van der Waals surface area contributed by atoms with Crippen LogP contribution < -0.4 is 0 Å². The first kappa shape index (κ1) is 11.6. The zero-order valence-corrected chi connectivity index (χ0v) is 11.1. The van der Waals surface area contributed by atoms with Crippen molar-refractivity contribution < 1.29 is 8.78 Å². The summed E-state index contributed by atoms with van der Waals surface area (Å²) in [7, 11) is 0. The number of aromatic amines is 1. The molecule has 4 rings (SSSR count). The van der Waals surface area contributed by atoms with Crippen LogP contribution in [-0.4, -0.2) is 9.55 Å². The summed E-state index contributed by atoms with van der Waals surface area (Å²) in [6, 6.07) is 2.96. The Labute approximate surface area is 114 Å². The average molecular weight is 280 g/mol. The lowest BCUT2D eigenvalue weighted by molar-refractivity contribution is 0.395. The molecule has 0 radical (unpaired) electrons. The molecule has 2 fully saturated rings. The number of nitrogens with one attached hydrogen (secondary N) is 1. The van der Waals surface area contributed by atoms with E-state index < -0.39 is 11.6 Å². The van der Waals surface area contributed by atoms with Crippen molar-refractivity contribution in [2.24, 2.45) is 11.8 Å². The van der Waals surface area contributed by atoms with Gasteiger partial charge in [0.25, 0.3) is 0 Å². The zero-order chi connectivity index (χ0) is 13.1. The molecule has 0 amide bonds. The van der Waals surface area contributed by atoms with Crippen molar-refractivity contribution in [3.05, 3.63) is 28.5 Å². The van der Waals surface area contributed by atoms with Gasteiger partial charge in [-0.15, -0.1) is 0 Å². The molecule has 1 heterocycles. The Morgan fingerprint density at radius 3 is 2.37 bits per heavy atom. The summed E-state index contributed by atoms with van der Waals surface area (Å²) in [4.78, 5) is 3.01. The molecule has 2 saturated carbocycles. The van der Waals surface area contributed by atoms with Gasteiger partial charge in [0.15, 0.2) is 16.4 Å². The van der Waals surface area contributed by atoms with Gasteiger partial charge in [-0.25, -0.2) is 8.78 Å². The second-order valence-corrected chi connectivity index (χ2v) is 6.11. The minimum Gasteiger partial charge on any atom is -0.330 e. The summed E-state index contributed by atoms with van der Waals surface area (Å²) in [5.74, 6) is -0.418. The molecule has 2 aromatic rings. The fraction of sp³-hybridized carbons (Fsp3) is 0.500. The summed E-state index contributed by atoms with van der Waals surface area (Å²) in [6.07, 6.45) is 4.69. The molecular formula is C14H14F2N2S. The number of nitrogens with zero attached hydrogens (tertiary/aromatic N) is 1. The number of hydrogen-bond acceptors (Lipinski definition) is 1. The fourth-order valence-electron chi connectivity index (χ4n) is 3.12. The Morgan fingerprint density at radius 1 is 1.16 bits per heavy atom. The highest BCUT2D eigenvalue weighted by molar-refractivity contribution is 7.71. The average Bonchev–Trinajstić information content (AvgIpc) is 3.25. The van der Waals surface area contributed by atoms with E-state index in [1.54, 1.807) is 6.07 Å².